The van der Waals surface area contributed by atoms with E-state index in [1.54, 1.807) is 17.8 Å². The monoisotopic (exact) mass is 483 g/mol. The van der Waals surface area contributed by atoms with Gasteiger partial charge in [0, 0.05) is 16.3 Å². The first-order chi connectivity index (χ1) is 15.3. The third-order valence-corrected chi connectivity index (χ3v) is 8.09. The summed E-state index contributed by atoms with van der Waals surface area (Å²) in [7, 11) is 0. The highest BCUT2D eigenvalue weighted by atomic mass is 32.2. The van der Waals surface area contributed by atoms with E-state index in [1.807, 2.05) is 25.3 Å². The molecule has 0 saturated heterocycles. The van der Waals surface area contributed by atoms with Gasteiger partial charge < -0.3 is 9.88 Å². The number of allylic oxidation sites excluding steroid dienone is 1. The molecule has 0 spiro atoms. The van der Waals surface area contributed by atoms with E-state index in [4.69, 9.17) is 0 Å². The van der Waals surface area contributed by atoms with Crippen LogP contribution in [0.15, 0.2) is 47.0 Å². The van der Waals surface area contributed by atoms with Crippen molar-refractivity contribution in [2.75, 3.05) is 5.32 Å². The largest absolute Gasteiger partial charge is 0.316 e. The van der Waals surface area contributed by atoms with Gasteiger partial charge in [-0.1, -0.05) is 35.5 Å². The smallest absolute Gasteiger partial charge is 0.238 e. The van der Waals surface area contributed by atoms with Gasteiger partial charge >= 0.3 is 0 Å². The van der Waals surface area contributed by atoms with Crippen LogP contribution in [-0.4, -0.2) is 25.9 Å². The van der Waals surface area contributed by atoms with Gasteiger partial charge in [-0.2, -0.15) is 5.26 Å². The number of hydrogen-bond donors (Lipinski definition) is 1. The Hall–Kier alpha value is -2.54. The Morgan fingerprint density at radius 2 is 2.03 bits per heavy atom. The number of thiophene rings is 1. The number of nitrogens with zero attached hydrogens (tertiary/aromatic N) is 4. The predicted octanol–water partition coefficient (Wildman–Crippen LogP) is 5.73. The number of carbonyl (C=O) groups is 1. The van der Waals surface area contributed by atoms with E-state index in [0.717, 1.165) is 16.3 Å². The van der Waals surface area contributed by atoms with Crippen molar-refractivity contribution in [3.05, 3.63) is 64.3 Å². The molecule has 2 aromatic heterocycles. The van der Waals surface area contributed by atoms with Gasteiger partial charge in [0.25, 0.3) is 0 Å². The number of aryl methyl sites for hydroxylation is 2. The van der Waals surface area contributed by atoms with Gasteiger partial charge in [-0.3, -0.25) is 4.79 Å². The number of thioether (sulfide) groups is 2. The second kappa shape index (κ2) is 10.9. The van der Waals surface area contributed by atoms with Crippen molar-refractivity contribution in [1.82, 2.24) is 14.8 Å². The highest BCUT2D eigenvalue weighted by Gasteiger charge is 2.22. The van der Waals surface area contributed by atoms with Gasteiger partial charge in [-0.15, -0.1) is 39.9 Å². The molecule has 1 atom stereocenters. The average Bonchev–Trinajstić information content (AvgIpc) is 3.27. The third kappa shape index (κ3) is 5.63. The molecule has 2 heterocycles. The van der Waals surface area contributed by atoms with Crippen LogP contribution in [0.25, 0.3) is 0 Å². The first-order valence-electron chi connectivity index (χ1n) is 10.0. The molecule has 1 unspecified atom stereocenters. The average molecular weight is 484 g/mol. The number of benzene rings is 1. The predicted molar refractivity (Wildman–Crippen MR) is 133 cm³/mol. The maximum absolute atomic E-state index is 12.8. The van der Waals surface area contributed by atoms with Gasteiger partial charge in [0.2, 0.25) is 5.91 Å². The highest BCUT2D eigenvalue weighted by Crippen LogP contribution is 2.33. The number of nitriles is 1. The molecule has 3 aromatic rings. The quantitative estimate of drug-likeness (QED) is 0.309. The molecule has 1 N–H and O–H groups in total. The second-order valence-electron chi connectivity index (χ2n) is 7.25. The number of hydrogen-bond acceptors (Lipinski definition) is 7. The van der Waals surface area contributed by atoms with Crippen molar-refractivity contribution in [3.63, 3.8) is 0 Å². The molecule has 0 fully saturated rings. The van der Waals surface area contributed by atoms with Crippen LogP contribution in [0.2, 0.25) is 0 Å². The molecule has 1 amide bonds. The molecule has 9 heteroatoms. The number of aromatic nitrogens is 3. The highest BCUT2D eigenvalue weighted by molar-refractivity contribution is 8.00. The number of anilines is 1. The van der Waals surface area contributed by atoms with Crippen molar-refractivity contribution in [2.24, 2.45) is 0 Å². The zero-order chi connectivity index (χ0) is 23.3. The summed E-state index contributed by atoms with van der Waals surface area (Å²) in [5, 5.41) is 21.9. The Morgan fingerprint density at radius 1 is 1.31 bits per heavy atom. The van der Waals surface area contributed by atoms with Crippen LogP contribution in [0.4, 0.5) is 5.00 Å². The summed E-state index contributed by atoms with van der Waals surface area (Å²) in [6.07, 6.45) is 1.80. The first kappa shape index (κ1) is 24.1. The van der Waals surface area contributed by atoms with E-state index in [0.29, 0.717) is 28.0 Å². The lowest BCUT2D eigenvalue weighted by Crippen LogP contribution is -2.23. The van der Waals surface area contributed by atoms with Gasteiger partial charge in [-0.05, 0) is 45.4 Å². The number of amides is 1. The minimum atomic E-state index is -0.408. The molecule has 3 rings (SSSR count). The fraction of sp³-hybridized carbons (Fsp3) is 0.304. The topological polar surface area (TPSA) is 83.6 Å². The van der Waals surface area contributed by atoms with Crippen molar-refractivity contribution in [3.8, 4) is 6.07 Å². The molecule has 1 aromatic carbocycles. The SMILES string of the molecule is C=CCn1c(CSc2ccc(C)cc2)nnc1SC(C)C(=O)Nc1sc(C)c(C)c1C#N. The van der Waals surface area contributed by atoms with Crippen molar-refractivity contribution >= 4 is 45.8 Å². The van der Waals surface area contributed by atoms with E-state index >= 15 is 0 Å². The van der Waals surface area contributed by atoms with Gasteiger partial charge in [0.1, 0.15) is 16.9 Å². The summed E-state index contributed by atoms with van der Waals surface area (Å²) in [6, 6.07) is 10.6. The van der Waals surface area contributed by atoms with Crippen LogP contribution in [0.3, 0.4) is 0 Å². The van der Waals surface area contributed by atoms with E-state index in [2.05, 4.69) is 59.4 Å². The number of carbonyl (C=O) groups excluding carboxylic acids is 1. The van der Waals surface area contributed by atoms with Crippen LogP contribution in [0.1, 0.15) is 34.3 Å². The molecule has 0 saturated carbocycles. The lowest BCUT2D eigenvalue weighted by Gasteiger charge is -2.12. The first-order valence-corrected chi connectivity index (χ1v) is 12.7. The standard InChI is InChI=1S/C23H25N5OS3/c1-6-11-28-20(13-30-18-9-7-14(2)8-10-18)26-27-23(28)32-17(5)21(29)25-22-19(12-24)15(3)16(4)31-22/h6-10,17H,1,11,13H2,2-5H3,(H,25,29). The van der Waals surface area contributed by atoms with Crippen LogP contribution in [-0.2, 0) is 17.1 Å². The summed E-state index contributed by atoms with van der Waals surface area (Å²) in [5.41, 5.74) is 2.67. The van der Waals surface area contributed by atoms with Gasteiger partial charge in [0.05, 0.1) is 16.6 Å². The van der Waals surface area contributed by atoms with E-state index in [1.165, 1.54) is 33.6 Å². The maximum Gasteiger partial charge on any atom is 0.238 e. The Morgan fingerprint density at radius 3 is 2.69 bits per heavy atom. The molecule has 0 radical (unpaired) electrons. The molecule has 166 valence electrons. The Bertz CT molecular complexity index is 1160. The molecule has 0 aliphatic rings. The lowest BCUT2D eigenvalue weighted by molar-refractivity contribution is -0.115. The molecular weight excluding hydrogens is 458 g/mol. The van der Waals surface area contributed by atoms with Crippen LogP contribution >= 0.6 is 34.9 Å². The summed E-state index contributed by atoms with van der Waals surface area (Å²) >= 11 is 4.47. The zero-order valence-electron chi connectivity index (χ0n) is 18.5. The molecule has 32 heavy (non-hydrogen) atoms. The molecule has 0 aliphatic heterocycles. The van der Waals surface area contributed by atoms with Crippen molar-refractivity contribution < 1.29 is 4.79 Å². The number of nitrogens with one attached hydrogen (secondary N) is 1. The van der Waals surface area contributed by atoms with E-state index < -0.39 is 5.25 Å². The summed E-state index contributed by atoms with van der Waals surface area (Å²) in [4.78, 5) is 15.0. The minimum Gasteiger partial charge on any atom is -0.316 e. The van der Waals surface area contributed by atoms with Crippen LogP contribution < -0.4 is 5.32 Å². The second-order valence-corrected chi connectivity index (χ2v) is 10.8. The number of rotatable bonds is 9. The van der Waals surface area contributed by atoms with Gasteiger partial charge in [-0.25, -0.2) is 0 Å². The molecule has 0 bridgehead atoms. The Labute approximate surface area is 201 Å². The van der Waals surface area contributed by atoms with Crippen molar-refractivity contribution in [2.45, 2.75) is 55.3 Å². The fourth-order valence-corrected chi connectivity index (χ4v) is 5.61. The van der Waals surface area contributed by atoms with E-state index in [-0.39, 0.29) is 5.91 Å². The summed E-state index contributed by atoms with van der Waals surface area (Å²) < 4.78 is 1.99. The van der Waals surface area contributed by atoms with Crippen LogP contribution in [0.5, 0.6) is 0 Å². The van der Waals surface area contributed by atoms with Gasteiger partial charge in [0.15, 0.2) is 5.16 Å². The minimum absolute atomic E-state index is 0.170. The normalized spacial score (nSPS) is 11.7. The Balaban J connectivity index is 1.70. The Kier molecular flexibility index (Phi) is 8.18. The van der Waals surface area contributed by atoms with Crippen molar-refractivity contribution in [1.29, 1.82) is 5.26 Å². The lowest BCUT2D eigenvalue weighted by atomic mass is 10.2. The summed E-state index contributed by atoms with van der Waals surface area (Å²) in [5.74, 6) is 1.34. The molecule has 6 nitrogen and oxygen atoms in total. The van der Waals surface area contributed by atoms with E-state index in [9.17, 15) is 10.1 Å². The molecular formula is C23H25N5OS3. The zero-order valence-corrected chi connectivity index (χ0v) is 21.0. The fourth-order valence-electron chi connectivity index (χ4n) is 2.88. The van der Waals surface area contributed by atoms with Crippen LogP contribution in [0, 0.1) is 32.1 Å². The maximum atomic E-state index is 12.8. The molecule has 0 aliphatic carbocycles. The third-order valence-electron chi connectivity index (χ3n) is 4.88. The summed E-state index contributed by atoms with van der Waals surface area (Å²) in [6.45, 7) is 12.1.